The van der Waals surface area contributed by atoms with E-state index in [9.17, 15) is 14.7 Å². The van der Waals surface area contributed by atoms with Crippen LogP contribution < -0.4 is 10.5 Å². The van der Waals surface area contributed by atoms with Crippen LogP contribution in [0.15, 0.2) is 41.3 Å². The lowest BCUT2D eigenvalue weighted by molar-refractivity contribution is 0.0984. The van der Waals surface area contributed by atoms with Crippen molar-refractivity contribution in [1.29, 1.82) is 0 Å². The SMILES string of the molecule is O=C(c1cc[nH]c(=O)c1)N1CCCc2cccc(O)c21. The summed E-state index contributed by atoms with van der Waals surface area (Å²) in [5.74, 6) is -0.168. The zero-order chi connectivity index (χ0) is 14.1. The van der Waals surface area contributed by atoms with E-state index in [0.717, 1.165) is 18.4 Å². The summed E-state index contributed by atoms with van der Waals surface area (Å²) in [5, 5.41) is 10.0. The first kappa shape index (κ1) is 12.5. The van der Waals surface area contributed by atoms with Gasteiger partial charge in [0.25, 0.3) is 5.91 Å². The smallest absolute Gasteiger partial charge is 0.258 e. The lowest BCUT2D eigenvalue weighted by Gasteiger charge is -2.30. The minimum atomic E-state index is -0.314. The minimum absolute atomic E-state index is 0.0976. The third-order valence-corrected chi connectivity index (χ3v) is 3.46. The van der Waals surface area contributed by atoms with Gasteiger partial charge in [0.2, 0.25) is 5.56 Å². The van der Waals surface area contributed by atoms with Crippen LogP contribution in [0.3, 0.4) is 0 Å². The molecule has 2 N–H and O–H groups in total. The molecule has 3 rings (SSSR count). The molecule has 102 valence electrons. The highest BCUT2D eigenvalue weighted by Gasteiger charge is 2.26. The van der Waals surface area contributed by atoms with Crippen molar-refractivity contribution < 1.29 is 9.90 Å². The molecular formula is C15H14N2O3. The van der Waals surface area contributed by atoms with Crippen LogP contribution >= 0.6 is 0 Å². The standard InChI is InChI=1S/C15H14N2O3/c18-12-5-1-3-10-4-2-8-17(14(10)12)15(20)11-6-7-16-13(19)9-11/h1,3,5-7,9,18H,2,4,8H2,(H,16,19). The Morgan fingerprint density at radius 1 is 1.30 bits per heavy atom. The third kappa shape index (κ3) is 2.07. The number of fused-ring (bicyclic) bond motifs is 1. The van der Waals surface area contributed by atoms with Gasteiger partial charge in [0.1, 0.15) is 5.75 Å². The molecule has 0 spiro atoms. The average Bonchev–Trinajstić information content (AvgIpc) is 2.46. The minimum Gasteiger partial charge on any atom is -0.506 e. The molecule has 0 atom stereocenters. The second-order valence-electron chi connectivity index (χ2n) is 4.79. The van der Waals surface area contributed by atoms with Gasteiger partial charge in [-0.1, -0.05) is 12.1 Å². The van der Waals surface area contributed by atoms with E-state index in [1.54, 1.807) is 23.1 Å². The molecule has 0 fully saturated rings. The molecular weight excluding hydrogens is 256 g/mol. The molecule has 5 heteroatoms. The molecule has 0 radical (unpaired) electrons. The van der Waals surface area contributed by atoms with Crippen molar-refractivity contribution in [3.05, 3.63) is 58.0 Å². The molecule has 5 nitrogen and oxygen atoms in total. The van der Waals surface area contributed by atoms with Crippen LogP contribution in [0, 0.1) is 0 Å². The maximum atomic E-state index is 12.5. The number of nitrogens with zero attached hydrogens (tertiary/aromatic N) is 1. The van der Waals surface area contributed by atoms with E-state index >= 15 is 0 Å². The first-order valence-corrected chi connectivity index (χ1v) is 6.48. The maximum absolute atomic E-state index is 12.5. The monoisotopic (exact) mass is 270 g/mol. The first-order chi connectivity index (χ1) is 9.66. The summed E-state index contributed by atoms with van der Waals surface area (Å²) >= 11 is 0. The molecule has 0 saturated heterocycles. The van der Waals surface area contributed by atoms with Gasteiger partial charge in [-0.25, -0.2) is 0 Å². The van der Waals surface area contributed by atoms with Gasteiger partial charge in [-0.3, -0.25) is 9.59 Å². The largest absolute Gasteiger partial charge is 0.506 e. The number of rotatable bonds is 1. The number of aryl methyl sites for hydroxylation is 1. The Balaban J connectivity index is 2.05. The molecule has 1 aliphatic rings. The summed E-state index contributed by atoms with van der Waals surface area (Å²) < 4.78 is 0. The fourth-order valence-electron chi connectivity index (χ4n) is 2.57. The number of aromatic amines is 1. The molecule has 0 unspecified atom stereocenters. The van der Waals surface area contributed by atoms with Gasteiger partial charge in [0, 0.05) is 24.4 Å². The second kappa shape index (κ2) is 4.85. The summed E-state index contributed by atoms with van der Waals surface area (Å²) in [4.78, 5) is 27.9. The summed E-state index contributed by atoms with van der Waals surface area (Å²) in [7, 11) is 0. The number of pyridine rings is 1. The van der Waals surface area contributed by atoms with Crippen molar-refractivity contribution in [2.45, 2.75) is 12.8 Å². The zero-order valence-electron chi connectivity index (χ0n) is 10.8. The molecule has 2 aromatic rings. The van der Waals surface area contributed by atoms with E-state index in [1.807, 2.05) is 6.07 Å². The summed E-state index contributed by atoms with van der Waals surface area (Å²) in [6.07, 6.45) is 3.12. The zero-order valence-corrected chi connectivity index (χ0v) is 10.8. The molecule has 20 heavy (non-hydrogen) atoms. The second-order valence-corrected chi connectivity index (χ2v) is 4.79. The molecule has 2 heterocycles. The fraction of sp³-hybridized carbons (Fsp3) is 0.200. The van der Waals surface area contributed by atoms with E-state index in [4.69, 9.17) is 0 Å². The van der Waals surface area contributed by atoms with Gasteiger partial charge in [-0.15, -0.1) is 0 Å². The molecule has 0 bridgehead atoms. The topological polar surface area (TPSA) is 73.4 Å². The molecule has 1 amide bonds. The number of hydrogen-bond donors (Lipinski definition) is 2. The maximum Gasteiger partial charge on any atom is 0.258 e. The van der Waals surface area contributed by atoms with Gasteiger partial charge < -0.3 is 15.0 Å². The van der Waals surface area contributed by atoms with Crippen LogP contribution in [0.1, 0.15) is 22.3 Å². The van der Waals surface area contributed by atoms with E-state index in [2.05, 4.69) is 4.98 Å². The van der Waals surface area contributed by atoms with E-state index < -0.39 is 0 Å². The number of H-pyrrole nitrogens is 1. The van der Waals surface area contributed by atoms with Crippen LogP contribution in [-0.2, 0) is 6.42 Å². The van der Waals surface area contributed by atoms with Crippen molar-refractivity contribution in [2.24, 2.45) is 0 Å². The van der Waals surface area contributed by atoms with Crippen LogP contribution in [0.4, 0.5) is 5.69 Å². The number of nitrogens with one attached hydrogen (secondary N) is 1. The van der Waals surface area contributed by atoms with Gasteiger partial charge in [0.15, 0.2) is 0 Å². The van der Waals surface area contributed by atoms with E-state index in [-0.39, 0.29) is 17.2 Å². The highest BCUT2D eigenvalue weighted by atomic mass is 16.3. The predicted octanol–water partition coefficient (Wildman–Crippen LogP) is 1.67. The van der Waals surface area contributed by atoms with Gasteiger partial charge >= 0.3 is 0 Å². The molecule has 0 saturated carbocycles. The van der Waals surface area contributed by atoms with Crippen molar-refractivity contribution in [3.8, 4) is 5.75 Å². The number of phenolic OH excluding ortho intramolecular Hbond substituents is 1. The lowest BCUT2D eigenvalue weighted by atomic mass is 10.00. The normalized spacial score (nSPS) is 13.9. The van der Waals surface area contributed by atoms with Crippen molar-refractivity contribution in [1.82, 2.24) is 4.98 Å². The predicted molar refractivity (Wildman–Crippen MR) is 75.2 cm³/mol. The number of aromatic hydroxyl groups is 1. The van der Waals surface area contributed by atoms with Crippen molar-refractivity contribution in [2.75, 3.05) is 11.4 Å². The number of hydrogen-bond acceptors (Lipinski definition) is 3. The number of phenols is 1. The molecule has 1 aromatic carbocycles. The Morgan fingerprint density at radius 3 is 2.95 bits per heavy atom. The van der Waals surface area contributed by atoms with Gasteiger partial charge in [0.05, 0.1) is 5.69 Å². The van der Waals surface area contributed by atoms with E-state index in [0.29, 0.717) is 17.8 Å². The third-order valence-electron chi connectivity index (χ3n) is 3.46. The first-order valence-electron chi connectivity index (χ1n) is 6.48. The Morgan fingerprint density at radius 2 is 2.15 bits per heavy atom. The number of para-hydroxylation sites is 1. The van der Waals surface area contributed by atoms with E-state index in [1.165, 1.54) is 12.3 Å². The Kier molecular flexibility index (Phi) is 3.02. The molecule has 0 aliphatic carbocycles. The Bertz CT molecular complexity index is 721. The van der Waals surface area contributed by atoms with Crippen LogP contribution in [0.25, 0.3) is 0 Å². The van der Waals surface area contributed by atoms with Gasteiger partial charge in [-0.05, 0) is 30.5 Å². The summed E-state index contributed by atoms with van der Waals surface area (Å²) in [6.45, 7) is 0.538. The quantitative estimate of drug-likeness (QED) is 0.828. The summed E-state index contributed by atoms with van der Waals surface area (Å²) in [5.41, 5.74) is 1.52. The van der Waals surface area contributed by atoms with Crippen LogP contribution in [0.2, 0.25) is 0 Å². The van der Waals surface area contributed by atoms with Crippen molar-refractivity contribution >= 4 is 11.6 Å². The Hall–Kier alpha value is -2.56. The van der Waals surface area contributed by atoms with Crippen molar-refractivity contribution in [3.63, 3.8) is 0 Å². The highest BCUT2D eigenvalue weighted by Crippen LogP contribution is 2.35. The van der Waals surface area contributed by atoms with Crippen LogP contribution in [-0.4, -0.2) is 22.5 Å². The van der Waals surface area contributed by atoms with Crippen LogP contribution in [0.5, 0.6) is 5.75 Å². The fourth-order valence-corrected chi connectivity index (χ4v) is 2.57. The number of amides is 1. The number of benzene rings is 1. The lowest BCUT2D eigenvalue weighted by Crippen LogP contribution is -2.36. The van der Waals surface area contributed by atoms with Gasteiger partial charge in [-0.2, -0.15) is 0 Å². The number of carbonyl (C=O) groups is 1. The molecule has 1 aliphatic heterocycles. The Labute approximate surface area is 115 Å². The highest BCUT2D eigenvalue weighted by molar-refractivity contribution is 6.07. The number of anilines is 1. The average molecular weight is 270 g/mol. The summed E-state index contributed by atoms with van der Waals surface area (Å²) in [6, 6.07) is 8.10. The number of carbonyl (C=O) groups excluding carboxylic acids is 1. The number of aromatic nitrogens is 1. The molecule has 1 aromatic heterocycles.